The summed E-state index contributed by atoms with van der Waals surface area (Å²) in [6.07, 6.45) is 7.06. The quantitative estimate of drug-likeness (QED) is 0.903. The van der Waals surface area contributed by atoms with Crippen LogP contribution in [0.2, 0.25) is 5.02 Å². The van der Waals surface area contributed by atoms with Gasteiger partial charge in [0.2, 0.25) is 0 Å². The van der Waals surface area contributed by atoms with Crippen LogP contribution >= 0.6 is 11.6 Å². The van der Waals surface area contributed by atoms with Crippen molar-refractivity contribution in [1.29, 1.82) is 0 Å². The van der Waals surface area contributed by atoms with Crippen molar-refractivity contribution in [2.75, 3.05) is 5.73 Å². The highest BCUT2D eigenvalue weighted by Gasteiger charge is 2.20. The topological polar surface area (TPSA) is 80.9 Å². The number of carbonyl (C=O) groups is 1. The third-order valence-electron chi connectivity index (χ3n) is 4.11. The number of hydrogen-bond acceptors (Lipinski definition) is 4. The van der Waals surface area contributed by atoms with E-state index in [1.807, 2.05) is 18.2 Å². The Morgan fingerprint density at radius 2 is 1.96 bits per heavy atom. The lowest BCUT2D eigenvalue weighted by Gasteiger charge is -2.22. The van der Waals surface area contributed by atoms with Crippen LogP contribution < -0.4 is 11.1 Å². The maximum Gasteiger partial charge on any atom is 0.273 e. The van der Waals surface area contributed by atoms with Crippen molar-refractivity contribution in [2.45, 2.75) is 38.1 Å². The fraction of sp³-hybridized carbons (Fsp3) is 0.353. The number of nitrogens with one attached hydrogen (secondary N) is 1. The zero-order valence-corrected chi connectivity index (χ0v) is 13.5. The number of anilines is 1. The highest BCUT2D eigenvalue weighted by Crippen LogP contribution is 2.26. The van der Waals surface area contributed by atoms with E-state index in [0.717, 1.165) is 31.2 Å². The highest BCUT2D eigenvalue weighted by atomic mass is 35.5. The van der Waals surface area contributed by atoms with Gasteiger partial charge < -0.3 is 11.1 Å². The van der Waals surface area contributed by atoms with E-state index in [2.05, 4.69) is 15.3 Å². The molecule has 0 saturated heterocycles. The van der Waals surface area contributed by atoms with Crippen LogP contribution in [0.3, 0.4) is 0 Å². The number of benzene rings is 1. The standard InChI is InChI=1S/C17H19ClN4O/c18-13-9-5-4-8-12(13)14-10-20-16(19)15(22-14)17(23)21-11-6-2-1-3-7-11/h4-5,8-11H,1-3,6-7H2,(H2,19,20)(H,21,23). The summed E-state index contributed by atoms with van der Waals surface area (Å²) in [5.41, 5.74) is 7.27. The predicted octanol–water partition coefficient (Wildman–Crippen LogP) is 3.44. The predicted molar refractivity (Wildman–Crippen MR) is 91.2 cm³/mol. The van der Waals surface area contributed by atoms with Crippen LogP contribution in [0.5, 0.6) is 0 Å². The summed E-state index contributed by atoms with van der Waals surface area (Å²) in [5, 5.41) is 3.58. The van der Waals surface area contributed by atoms with Crippen molar-refractivity contribution in [1.82, 2.24) is 15.3 Å². The number of hydrogen-bond donors (Lipinski definition) is 2. The Kier molecular flexibility index (Phi) is 4.76. The molecular weight excluding hydrogens is 312 g/mol. The number of aromatic nitrogens is 2. The molecule has 1 saturated carbocycles. The largest absolute Gasteiger partial charge is 0.382 e. The molecule has 120 valence electrons. The average Bonchev–Trinajstić information content (AvgIpc) is 2.57. The molecule has 0 radical (unpaired) electrons. The van der Waals surface area contributed by atoms with Gasteiger partial charge in [-0.1, -0.05) is 49.1 Å². The molecule has 0 bridgehead atoms. The first-order chi connectivity index (χ1) is 11.1. The van der Waals surface area contributed by atoms with Gasteiger partial charge in [0.1, 0.15) is 0 Å². The minimum absolute atomic E-state index is 0.133. The van der Waals surface area contributed by atoms with Crippen molar-refractivity contribution in [3.8, 4) is 11.3 Å². The molecule has 1 aliphatic carbocycles. The minimum atomic E-state index is -0.268. The minimum Gasteiger partial charge on any atom is -0.382 e. The Balaban J connectivity index is 1.85. The molecule has 3 rings (SSSR count). The number of rotatable bonds is 3. The maximum absolute atomic E-state index is 12.5. The molecule has 1 amide bonds. The van der Waals surface area contributed by atoms with Crippen LogP contribution in [-0.2, 0) is 0 Å². The molecular formula is C17H19ClN4O. The number of halogens is 1. The van der Waals surface area contributed by atoms with E-state index in [0.29, 0.717) is 10.7 Å². The molecule has 1 heterocycles. The fourth-order valence-corrected chi connectivity index (χ4v) is 3.10. The molecule has 0 unspecified atom stereocenters. The van der Waals surface area contributed by atoms with E-state index < -0.39 is 0 Å². The second-order valence-corrected chi connectivity index (χ2v) is 6.18. The lowest BCUT2D eigenvalue weighted by Crippen LogP contribution is -2.37. The van der Waals surface area contributed by atoms with E-state index in [1.54, 1.807) is 6.07 Å². The number of nitrogens with zero attached hydrogens (tertiary/aromatic N) is 2. The van der Waals surface area contributed by atoms with E-state index in [1.165, 1.54) is 12.6 Å². The summed E-state index contributed by atoms with van der Waals surface area (Å²) in [6, 6.07) is 7.51. The Morgan fingerprint density at radius 3 is 2.70 bits per heavy atom. The van der Waals surface area contributed by atoms with Crippen LogP contribution in [-0.4, -0.2) is 21.9 Å². The first-order valence-corrected chi connectivity index (χ1v) is 8.21. The zero-order chi connectivity index (χ0) is 16.2. The molecule has 5 nitrogen and oxygen atoms in total. The van der Waals surface area contributed by atoms with E-state index in [4.69, 9.17) is 17.3 Å². The van der Waals surface area contributed by atoms with Gasteiger partial charge in [-0.25, -0.2) is 9.97 Å². The highest BCUT2D eigenvalue weighted by molar-refractivity contribution is 6.33. The first kappa shape index (κ1) is 15.7. The van der Waals surface area contributed by atoms with Gasteiger partial charge in [0.15, 0.2) is 11.5 Å². The molecule has 1 fully saturated rings. The van der Waals surface area contributed by atoms with Crippen molar-refractivity contribution in [3.63, 3.8) is 0 Å². The lowest BCUT2D eigenvalue weighted by molar-refractivity contribution is 0.0923. The monoisotopic (exact) mass is 330 g/mol. The van der Waals surface area contributed by atoms with E-state index >= 15 is 0 Å². The second kappa shape index (κ2) is 6.96. The molecule has 2 aromatic rings. The molecule has 1 aromatic carbocycles. The van der Waals surface area contributed by atoms with Gasteiger partial charge in [-0.15, -0.1) is 0 Å². The molecule has 0 aliphatic heterocycles. The Hall–Kier alpha value is -2.14. The van der Waals surface area contributed by atoms with Gasteiger partial charge in [-0.3, -0.25) is 4.79 Å². The van der Waals surface area contributed by atoms with Crippen LogP contribution in [0.1, 0.15) is 42.6 Å². The third kappa shape index (κ3) is 3.62. The summed E-state index contributed by atoms with van der Waals surface area (Å²) in [7, 11) is 0. The molecule has 23 heavy (non-hydrogen) atoms. The molecule has 0 spiro atoms. The zero-order valence-electron chi connectivity index (χ0n) is 12.8. The SMILES string of the molecule is Nc1ncc(-c2ccccc2Cl)nc1C(=O)NC1CCCCC1. The summed E-state index contributed by atoms with van der Waals surface area (Å²) in [5.74, 6) is -0.134. The summed E-state index contributed by atoms with van der Waals surface area (Å²) in [4.78, 5) is 21.0. The smallest absolute Gasteiger partial charge is 0.273 e. The Morgan fingerprint density at radius 1 is 1.22 bits per heavy atom. The summed E-state index contributed by atoms with van der Waals surface area (Å²) < 4.78 is 0. The molecule has 0 atom stereocenters. The van der Waals surface area contributed by atoms with E-state index in [9.17, 15) is 4.79 Å². The van der Waals surface area contributed by atoms with Gasteiger partial charge in [-0.2, -0.15) is 0 Å². The number of nitrogens with two attached hydrogens (primary N) is 1. The molecule has 1 aliphatic rings. The van der Waals surface area contributed by atoms with E-state index in [-0.39, 0.29) is 23.5 Å². The van der Waals surface area contributed by atoms with Crippen LogP contribution in [0.4, 0.5) is 5.82 Å². The van der Waals surface area contributed by atoms with Crippen LogP contribution in [0.25, 0.3) is 11.3 Å². The Labute approximate surface area is 140 Å². The average molecular weight is 331 g/mol. The van der Waals surface area contributed by atoms with Gasteiger partial charge in [0.05, 0.1) is 16.9 Å². The molecule has 3 N–H and O–H groups in total. The molecule has 1 aromatic heterocycles. The van der Waals surface area contributed by atoms with Crippen molar-refractivity contribution in [3.05, 3.63) is 41.2 Å². The van der Waals surface area contributed by atoms with Crippen LogP contribution in [0, 0.1) is 0 Å². The number of nitrogen functional groups attached to an aromatic ring is 1. The second-order valence-electron chi connectivity index (χ2n) is 5.78. The summed E-state index contributed by atoms with van der Waals surface area (Å²) in [6.45, 7) is 0. The maximum atomic E-state index is 12.5. The molecule has 6 heteroatoms. The van der Waals surface area contributed by atoms with Crippen molar-refractivity contribution >= 4 is 23.3 Å². The number of amides is 1. The van der Waals surface area contributed by atoms with Crippen molar-refractivity contribution < 1.29 is 4.79 Å². The summed E-state index contributed by atoms with van der Waals surface area (Å²) >= 11 is 6.19. The van der Waals surface area contributed by atoms with Gasteiger partial charge in [-0.05, 0) is 18.9 Å². The third-order valence-corrected chi connectivity index (χ3v) is 4.44. The van der Waals surface area contributed by atoms with Gasteiger partial charge >= 0.3 is 0 Å². The lowest BCUT2D eigenvalue weighted by atomic mass is 9.95. The van der Waals surface area contributed by atoms with Crippen molar-refractivity contribution in [2.24, 2.45) is 0 Å². The number of carbonyl (C=O) groups excluding carboxylic acids is 1. The van der Waals surface area contributed by atoms with Gasteiger partial charge in [0, 0.05) is 11.6 Å². The Bertz CT molecular complexity index is 713. The first-order valence-electron chi connectivity index (χ1n) is 7.83. The van der Waals surface area contributed by atoms with Gasteiger partial charge in [0.25, 0.3) is 5.91 Å². The van der Waals surface area contributed by atoms with Crippen LogP contribution in [0.15, 0.2) is 30.5 Å². The normalized spacial score (nSPS) is 15.3. The fourth-order valence-electron chi connectivity index (χ4n) is 2.86.